The zero-order valence-corrected chi connectivity index (χ0v) is 11.1. The van der Waals surface area contributed by atoms with E-state index < -0.39 is 11.9 Å². The van der Waals surface area contributed by atoms with Gasteiger partial charge in [0.05, 0.1) is 0 Å². The van der Waals surface area contributed by atoms with E-state index in [-0.39, 0.29) is 10.2 Å². The van der Waals surface area contributed by atoms with Gasteiger partial charge in [0.2, 0.25) is 0 Å². The highest BCUT2D eigenvalue weighted by Gasteiger charge is 2.32. The largest absolute Gasteiger partial charge is 0.435 e. The van der Waals surface area contributed by atoms with Crippen LogP contribution in [-0.2, 0) is 6.18 Å². The highest BCUT2D eigenvalue weighted by molar-refractivity contribution is 7.99. The summed E-state index contributed by atoms with van der Waals surface area (Å²) in [4.78, 5) is 4.17. The molecule has 0 aliphatic rings. The molecule has 0 saturated heterocycles. The standard InChI is InChI=1S/C12H7F3N4OS/c13-12(14,15)9-3-4-10(19-18-9)21-11-17-7-5-6(16)1-2-8(7)20-11/h1-5H,16H2. The summed E-state index contributed by atoms with van der Waals surface area (Å²) in [6, 6.07) is 7.04. The second kappa shape index (κ2) is 4.92. The van der Waals surface area contributed by atoms with Gasteiger partial charge in [0.1, 0.15) is 10.5 Å². The van der Waals surface area contributed by atoms with Gasteiger partial charge in [-0.3, -0.25) is 0 Å². The molecule has 108 valence electrons. The van der Waals surface area contributed by atoms with Crippen LogP contribution in [0.3, 0.4) is 0 Å². The van der Waals surface area contributed by atoms with Crippen molar-refractivity contribution in [2.45, 2.75) is 16.4 Å². The lowest BCUT2D eigenvalue weighted by Crippen LogP contribution is -2.08. The van der Waals surface area contributed by atoms with Gasteiger partial charge in [-0.25, -0.2) is 4.98 Å². The molecule has 2 N–H and O–H groups in total. The third-order valence-corrected chi connectivity index (χ3v) is 3.29. The molecule has 2 aromatic heterocycles. The van der Waals surface area contributed by atoms with Crippen molar-refractivity contribution < 1.29 is 17.6 Å². The van der Waals surface area contributed by atoms with Crippen LogP contribution in [0.5, 0.6) is 0 Å². The fourth-order valence-electron chi connectivity index (χ4n) is 1.58. The fourth-order valence-corrected chi connectivity index (χ4v) is 2.25. The first-order valence-corrected chi connectivity index (χ1v) is 6.48. The van der Waals surface area contributed by atoms with Crippen molar-refractivity contribution in [3.05, 3.63) is 36.0 Å². The zero-order valence-electron chi connectivity index (χ0n) is 10.3. The normalized spacial score (nSPS) is 12.0. The second-order valence-corrected chi connectivity index (χ2v) is 5.04. The number of hydrogen-bond acceptors (Lipinski definition) is 6. The van der Waals surface area contributed by atoms with Crippen molar-refractivity contribution in [1.29, 1.82) is 0 Å². The van der Waals surface area contributed by atoms with Crippen molar-refractivity contribution in [1.82, 2.24) is 15.2 Å². The lowest BCUT2D eigenvalue weighted by atomic mass is 10.3. The predicted molar refractivity (Wildman–Crippen MR) is 69.6 cm³/mol. The molecular formula is C12H7F3N4OS. The van der Waals surface area contributed by atoms with Crippen molar-refractivity contribution in [2.24, 2.45) is 0 Å². The molecule has 0 fully saturated rings. The van der Waals surface area contributed by atoms with Gasteiger partial charge in [0.15, 0.2) is 11.3 Å². The summed E-state index contributed by atoms with van der Waals surface area (Å²) in [5, 5.41) is 7.13. The average Bonchev–Trinajstić information content (AvgIpc) is 2.79. The number of halogens is 3. The van der Waals surface area contributed by atoms with E-state index >= 15 is 0 Å². The number of aromatic nitrogens is 3. The van der Waals surface area contributed by atoms with Crippen LogP contribution in [0.4, 0.5) is 18.9 Å². The monoisotopic (exact) mass is 312 g/mol. The molecule has 9 heteroatoms. The summed E-state index contributed by atoms with van der Waals surface area (Å²) in [5.74, 6) is 0. The van der Waals surface area contributed by atoms with E-state index in [4.69, 9.17) is 10.2 Å². The lowest BCUT2D eigenvalue weighted by Gasteiger charge is -2.03. The number of nitrogens with two attached hydrogens (primary N) is 1. The van der Waals surface area contributed by atoms with E-state index in [1.165, 1.54) is 6.07 Å². The smallest absolute Gasteiger partial charge is 0.431 e. The number of alkyl halides is 3. The minimum absolute atomic E-state index is 0.252. The molecule has 0 aliphatic heterocycles. The first-order valence-electron chi connectivity index (χ1n) is 5.67. The maximum atomic E-state index is 12.4. The van der Waals surface area contributed by atoms with Crippen LogP contribution in [0.1, 0.15) is 5.69 Å². The molecule has 0 radical (unpaired) electrons. The lowest BCUT2D eigenvalue weighted by molar-refractivity contribution is -0.141. The van der Waals surface area contributed by atoms with E-state index in [1.54, 1.807) is 18.2 Å². The summed E-state index contributed by atoms with van der Waals surface area (Å²) in [5.41, 5.74) is 6.23. The third-order valence-electron chi connectivity index (χ3n) is 2.51. The van der Waals surface area contributed by atoms with E-state index in [0.29, 0.717) is 16.8 Å². The van der Waals surface area contributed by atoms with Gasteiger partial charge < -0.3 is 10.2 Å². The Bertz CT molecular complexity index is 785. The molecule has 1 aromatic carbocycles. The molecule has 2 heterocycles. The Morgan fingerprint density at radius 2 is 1.90 bits per heavy atom. The molecule has 5 nitrogen and oxygen atoms in total. The summed E-state index contributed by atoms with van der Waals surface area (Å²) < 4.78 is 42.5. The van der Waals surface area contributed by atoms with Gasteiger partial charge in [0, 0.05) is 5.69 Å². The van der Waals surface area contributed by atoms with Crippen LogP contribution < -0.4 is 5.73 Å². The second-order valence-electron chi connectivity index (χ2n) is 4.06. The molecule has 0 atom stereocenters. The zero-order chi connectivity index (χ0) is 15.0. The van der Waals surface area contributed by atoms with E-state index in [9.17, 15) is 13.2 Å². The van der Waals surface area contributed by atoms with Crippen molar-refractivity contribution >= 4 is 28.5 Å². The first kappa shape index (κ1) is 13.7. The Kier molecular flexibility index (Phi) is 3.20. The fraction of sp³-hybridized carbons (Fsp3) is 0.0833. The topological polar surface area (TPSA) is 77.8 Å². The molecule has 0 bridgehead atoms. The Labute approximate surface area is 120 Å². The summed E-state index contributed by atoms with van der Waals surface area (Å²) in [7, 11) is 0. The molecular weight excluding hydrogens is 305 g/mol. The van der Waals surface area contributed by atoms with Crippen LogP contribution in [0.15, 0.2) is 45.0 Å². The summed E-state index contributed by atoms with van der Waals surface area (Å²) in [6.45, 7) is 0. The van der Waals surface area contributed by atoms with Gasteiger partial charge >= 0.3 is 6.18 Å². The molecule has 0 amide bonds. The van der Waals surface area contributed by atoms with Crippen LogP contribution in [0.25, 0.3) is 11.1 Å². The van der Waals surface area contributed by atoms with Gasteiger partial charge in [-0.05, 0) is 42.1 Å². The Balaban J connectivity index is 1.84. The van der Waals surface area contributed by atoms with Gasteiger partial charge in [-0.1, -0.05) is 0 Å². The van der Waals surface area contributed by atoms with Crippen molar-refractivity contribution in [3.8, 4) is 0 Å². The Hall–Kier alpha value is -2.29. The average molecular weight is 312 g/mol. The highest BCUT2D eigenvalue weighted by Crippen LogP contribution is 2.31. The maximum Gasteiger partial charge on any atom is 0.435 e. The molecule has 3 rings (SSSR count). The summed E-state index contributed by atoms with van der Waals surface area (Å²) in [6.07, 6.45) is -4.51. The van der Waals surface area contributed by atoms with Crippen LogP contribution >= 0.6 is 11.8 Å². The maximum absolute atomic E-state index is 12.4. The van der Waals surface area contributed by atoms with E-state index in [0.717, 1.165) is 17.8 Å². The molecule has 21 heavy (non-hydrogen) atoms. The third kappa shape index (κ3) is 2.92. The van der Waals surface area contributed by atoms with Crippen LogP contribution in [-0.4, -0.2) is 15.2 Å². The quantitative estimate of drug-likeness (QED) is 0.731. The number of rotatable bonds is 2. The van der Waals surface area contributed by atoms with Gasteiger partial charge in [-0.15, -0.1) is 10.2 Å². The number of fused-ring (bicyclic) bond motifs is 1. The number of hydrogen-bond donors (Lipinski definition) is 1. The molecule has 0 saturated carbocycles. The number of nitrogens with zero attached hydrogens (tertiary/aromatic N) is 3. The predicted octanol–water partition coefficient (Wildman–Crippen LogP) is 3.37. The minimum atomic E-state index is -4.51. The van der Waals surface area contributed by atoms with Crippen molar-refractivity contribution in [3.63, 3.8) is 0 Å². The van der Waals surface area contributed by atoms with E-state index in [1.807, 2.05) is 0 Å². The molecule has 0 spiro atoms. The SMILES string of the molecule is Nc1ccc2oc(Sc3ccc(C(F)(F)F)nn3)nc2c1. The molecule has 0 aliphatic carbocycles. The Morgan fingerprint density at radius 3 is 2.57 bits per heavy atom. The van der Waals surface area contributed by atoms with Gasteiger partial charge in [0.25, 0.3) is 5.22 Å². The Morgan fingerprint density at radius 1 is 1.10 bits per heavy atom. The number of oxazole rings is 1. The summed E-state index contributed by atoms with van der Waals surface area (Å²) >= 11 is 0.979. The minimum Gasteiger partial charge on any atom is -0.431 e. The van der Waals surface area contributed by atoms with Crippen molar-refractivity contribution in [2.75, 3.05) is 5.73 Å². The van der Waals surface area contributed by atoms with Crippen LogP contribution in [0, 0.1) is 0 Å². The number of nitrogen functional groups attached to an aromatic ring is 1. The highest BCUT2D eigenvalue weighted by atomic mass is 32.2. The van der Waals surface area contributed by atoms with E-state index in [2.05, 4.69) is 15.2 Å². The van der Waals surface area contributed by atoms with Gasteiger partial charge in [-0.2, -0.15) is 13.2 Å². The molecule has 0 unspecified atom stereocenters. The number of anilines is 1. The van der Waals surface area contributed by atoms with Crippen LogP contribution in [0.2, 0.25) is 0 Å². The number of benzene rings is 1. The first-order chi connectivity index (χ1) is 9.91. The molecule has 3 aromatic rings.